The zero-order chi connectivity index (χ0) is 17.4. The first-order valence-electron chi connectivity index (χ1n) is 7.34. The van der Waals surface area contributed by atoms with Gasteiger partial charge in [0, 0.05) is 13.0 Å². The third-order valence-corrected chi connectivity index (χ3v) is 3.90. The largest absolute Gasteiger partial charge is 0.351 e. The highest BCUT2D eigenvalue weighted by molar-refractivity contribution is 7.99. The van der Waals surface area contributed by atoms with E-state index in [1.165, 1.54) is 23.9 Å². The summed E-state index contributed by atoms with van der Waals surface area (Å²) in [7, 11) is 0. The number of hydrogen-bond acceptors (Lipinski definition) is 5. The molecule has 2 rings (SSSR count). The van der Waals surface area contributed by atoms with Gasteiger partial charge in [0.15, 0.2) is 5.82 Å². The molecule has 6 nitrogen and oxygen atoms in total. The molecule has 0 saturated heterocycles. The van der Waals surface area contributed by atoms with Gasteiger partial charge in [0.2, 0.25) is 11.8 Å². The molecule has 0 fully saturated rings. The van der Waals surface area contributed by atoms with Crippen molar-refractivity contribution >= 4 is 29.4 Å². The number of carbonyl (C=O) groups excluding carboxylic acids is 2. The minimum Gasteiger partial charge on any atom is -0.351 e. The normalized spacial score (nSPS) is 10.2. The monoisotopic (exact) mass is 348 g/mol. The van der Waals surface area contributed by atoms with E-state index < -0.39 is 0 Å². The summed E-state index contributed by atoms with van der Waals surface area (Å²) in [5.41, 5.74) is 0.825. The quantitative estimate of drug-likeness (QED) is 0.751. The summed E-state index contributed by atoms with van der Waals surface area (Å²) >= 11 is 1.24. The van der Waals surface area contributed by atoms with Gasteiger partial charge in [0.1, 0.15) is 10.8 Å². The van der Waals surface area contributed by atoms with E-state index in [1.54, 1.807) is 31.2 Å². The molecule has 2 aromatic rings. The summed E-state index contributed by atoms with van der Waals surface area (Å²) in [6, 6.07) is 9.28. The van der Waals surface area contributed by atoms with E-state index in [1.807, 2.05) is 0 Å². The summed E-state index contributed by atoms with van der Waals surface area (Å²) in [5.74, 6) is -0.0274. The zero-order valence-electron chi connectivity index (χ0n) is 13.1. The summed E-state index contributed by atoms with van der Waals surface area (Å²) in [6.45, 7) is 2.09. The van der Waals surface area contributed by atoms with Crippen molar-refractivity contribution in [3.63, 3.8) is 0 Å². The second-order valence-corrected chi connectivity index (χ2v) is 5.85. The molecule has 1 aromatic heterocycles. The van der Waals surface area contributed by atoms with Gasteiger partial charge in [-0.25, -0.2) is 4.39 Å². The molecule has 0 bridgehead atoms. The second-order valence-electron chi connectivity index (χ2n) is 4.85. The molecule has 24 heavy (non-hydrogen) atoms. The number of nitrogens with one attached hydrogen (secondary N) is 2. The number of thioether (sulfide) groups is 1. The molecule has 1 aromatic carbocycles. The maximum atomic E-state index is 12.8. The number of rotatable bonds is 7. The molecular formula is C16H17FN4O2S. The van der Waals surface area contributed by atoms with Gasteiger partial charge in [-0.3, -0.25) is 9.59 Å². The highest BCUT2D eigenvalue weighted by Crippen LogP contribution is 2.15. The molecule has 0 aliphatic rings. The Hall–Kier alpha value is -2.48. The summed E-state index contributed by atoms with van der Waals surface area (Å²) in [4.78, 5) is 23.0. The van der Waals surface area contributed by atoms with Crippen LogP contribution in [0.25, 0.3) is 0 Å². The van der Waals surface area contributed by atoms with Crippen LogP contribution in [0.5, 0.6) is 0 Å². The Morgan fingerprint density at radius 1 is 1.08 bits per heavy atom. The van der Waals surface area contributed by atoms with Gasteiger partial charge in [0.25, 0.3) is 0 Å². The smallest absolute Gasteiger partial charge is 0.230 e. The van der Waals surface area contributed by atoms with Gasteiger partial charge < -0.3 is 10.6 Å². The second kappa shape index (κ2) is 8.97. The topological polar surface area (TPSA) is 84.0 Å². The zero-order valence-corrected chi connectivity index (χ0v) is 13.9. The fourth-order valence-electron chi connectivity index (χ4n) is 1.69. The van der Waals surface area contributed by atoms with E-state index in [9.17, 15) is 14.0 Å². The van der Waals surface area contributed by atoms with Gasteiger partial charge in [0.05, 0.1) is 5.75 Å². The maximum absolute atomic E-state index is 12.8. The molecule has 0 radical (unpaired) electrons. The Balaban J connectivity index is 1.75. The van der Waals surface area contributed by atoms with Crippen molar-refractivity contribution in [2.45, 2.75) is 24.9 Å². The van der Waals surface area contributed by atoms with Gasteiger partial charge in [-0.05, 0) is 29.8 Å². The maximum Gasteiger partial charge on any atom is 0.230 e. The van der Waals surface area contributed by atoms with Gasteiger partial charge in [-0.1, -0.05) is 30.8 Å². The summed E-state index contributed by atoms with van der Waals surface area (Å²) < 4.78 is 12.8. The minimum absolute atomic E-state index is 0.134. The molecular weight excluding hydrogens is 331 g/mol. The van der Waals surface area contributed by atoms with Gasteiger partial charge in [-0.2, -0.15) is 0 Å². The van der Waals surface area contributed by atoms with Crippen LogP contribution in [0.15, 0.2) is 41.4 Å². The van der Waals surface area contributed by atoms with Crippen molar-refractivity contribution in [2.24, 2.45) is 0 Å². The first-order valence-corrected chi connectivity index (χ1v) is 8.33. The number of amides is 2. The first-order chi connectivity index (χ1) is 11.6. The Bertz CT molecular complexity index is 692. The highest BCUT2D eigenvalue weighted by Gasteiger charge is 2.06. The van der Waals surface area contributed by atoms with Crippen LogP contribution in [-0.4, -0.2) is 27.8 Å². The molecule has 0 saturated carbocycles. The fourth-order valence-corrected chi connectivity index (χ4v) is 2.33. The number of aromatic nitrogens is 2. The van der Waals surface area contributed by atoms with Crippen molar-refractivity contribution < 1.29 is 14.0 Å². The average molecular weight is 348 g/mol. The lowest BCUT2D eigenvalue weighted by Gasteiger charge is -2.05. The van der Waals surface area contributed by atoms with E-state index in [-0.39, 0.29) is 23.4 Å². The Kier molecular flexibility index (Phi) is 6.68. The lowest BCUT2D eigenvalue weighted by atomic mass is 10.2. The van der Waals surface area contributed by atoms with Crippen LogP contribution in [0.2, 0.25) is 0 Å². The molecule has 2 N–H and O–H groups in total. The molecule has 0 aliphatic heterocycles. The highest BCUT2D eigenvalue weighted by atomic mass is 32.2. The van der Waals surface area contributed by atoms with Gasteiger partial charge >= 0.3 is 0 Å². The molecule has 1 heterocycles. The number of hydrogen-bond donors (Lipinski definition) is 2. The van der Waals surface area contributed by atoms with Crippen molar-refractivity contribution in [1.29, 1.82) is 0 Å². The van der Waals surface area contributed by atoms with Crippen LogP contribution in [0.3, 0.4) is 0 Å². The Labute approximate surface area is 143 Å². The molecule has 2 amide bonds. The van der Waals surface area contributed by atoms with E-state index in [4.69, 9.17) is 0 Å². The average Bonchev–Trinajstić information content (AvgIpc) is 2.60. The fraction of sp³-hybridized carbons (Fsp3) is 0.250. The lowest BCUT2D eigenvalue weighted by molar-refractivity contribution is -0.118. The van der Waals surface area contributed by atoms with Crippen molar-refractivity contribution in [1.82, 2.24) is 15.5 Å². The molecule has 0 atom stereocenters. The third kappa shape index (κ3) is 5.96. The van der Waals surface area contributed by atoms with Crippen LogP contribution < -0.4 is 10.6 Å². The molecule has 0 aliphatic carbocycles. The summed E-state index contributed by atoms with van der Waals surface area (Å²) in [5, 5.41) is 13.7. The lowest BCUT2D eigenvalue weighted by Crippen LogP contribution is -2.24. The standard InChI is InChI=1S/C16H17FN4O2S/c1-2-14(22)19-13-7-8-16(21-20-13)24-10-15(23)18-9-11-3-5-12(17)6-4-11/h3-8H,2,9-10H2,1H3,(H,18,23)(H,19,20,22). The van der Waals surface area contributed by atoms with Crippen LogP contribution in [0.4, 0.5) is 10.2 Å². The van der Waals surface area contributed by atoms with E-state index in [2.05, 4.69) is 20.8 Å². The van der Waals surface area contributed by atoms with Crippen molar-refractivity contribution in [3.05, 3.63) is 47.8 Å². The Morgan fingerprint density at radius 3 is 2.46 bits per heavy atom. The molecule has 8 heteroatoms. The molecule has 0 unspecified atom stereocenters. The van der Waals surface area contributed by atoms with E-state index in [0.717, 1.165) is 5.56 Å². The number of carbonyl (C=O) groups is 2. The third-order valence-electron chi connectivity index (χ3n) is 2.98. The van der Waals surface area contributed by atoms with Crippen LogP contribution in [0.1, 0.15) is 18.9 Å². The summed E-state index contributed by atoms with van der Waals surface area (Å²) in [6.07, 6.45) is 0.367. The predicted molar refractivity (Wildman–Crippen MR) is 89.9 cm³/mol. The number of halogens is 1. The Morgan fingerprint density at radius 2 is 1.83 bits per heavy atom. The van der Waals surface area contributed by atoms with Crippen LogP contribution in [-0.2, 0) is 16.1 Å². The number of benzene rings is 1. The first kappa shape index (κ1) is 17.9. The molecule has 0 spiro atoms. The van der Waals surface area contributed by atoms with Gasteiger partial charge in [-0.15, -0.1) is 10.2 Å². The van der Waals surface area contributed by atoms with Crippen LogP contribution in [0, 0.1) is 5.82 Å². The SMILES string of the molecule is CCC(=O)Nc1ccc(SCC(=O)NCc2ccc(F)cc2)nn1. The van der Waals surface area contributed by atoms with E-state index in [0.29, 0.717) is 23.8 Å². The number of anilines is 1. The van der Waals surface area contributed by atoms with E-state index >= 15 is 0 Å². The van der Waals surface area contributed by atoms with Crippen molar-refractivity contribution in [2.75, 3.05) is 11.1 Å². The van der Waals surface area contributed by atoms with Crippen LogP contribution >= 0.6 is 11.8 Å². The number of nitrogens with zero attached hydrogens (tertiary/aromatic N) is 2. The molecule has 126 valence electrons. The minimum atomic E-state index is -0.308. The van der Waals surface area contributed by atoms with Crippen molar-refractivity contribution in [3.8, 4) is 0 Å². The predicted octanol–water partition coefficient (Wildman–Crippen LogP) is 2.37.